The number of anilines is 2. The van der Waals surface area contributed by atoms with Crippen LogP contribution in [-0.4, -0.2) is 46.0 Å². The molecule has 0 unspecified atom stereocenters. The molecule has 0 radical (unpaired) electrons. The fourth-order valence-corrected chi connectivity index (χ4v) is 3.28. The van der Waals surface area contributed by atoms with Crippen LogP contribution in [0.25, 0.3) is 16.7 Å². The molecule has 150 valence electrons. The minimum absolute atomic E-state index is 0.102. The predicted octanol–water partition coefficient (Wildman–Crippen LogP) is 1.60. The van der Waals surface area contributed by atoms with Gasteiger partial charge in [0.05, 0.1) is 23.3 Å². The Balaban J connectivity index is 1.79. The summed E-state index contributed by atoms with van der Waals surface area (Å²) in [6, 6.07) is 8.45. The van der Waals surface area contributed by atoms with Gasteiger partial charge in [-0.25, -0.2) is 14.6 Å². The normalized spacial score (nSPS) is 12.5. The lowest BCUT2D eigenvalue weighted by molar-refractivity contribution is 0.0690. The van der Waals surface area contributed by atoms with Crippen molar-refractivity contribution in [3.8, 4) is 0 Å². The molecule has 0 aliphatic carbocycles. The van der Waals surface area contributed by atoms with Crippen LogP contribution in [0.5, 0.6) is 0 Å². The zero-order valence-corrected chi connectivity index (χ0v) is 15.9. The van der Waals surface area contributed by atoms with E-state index in [0.717, 1.165) is 5.52 Å². The van der Waals surface area contributed by atoms with Crippen molar-refractivity contribution in [3.63, 3.8) is 0 Å². The summed E-state index contributed by atoms with van der Waals surface area (Å²) < 4.78 is 4.68. The average molecular weight is 396 g/mol. The van der Waals surface area contributed by atoms with E-state index in [2.05, 4.69) is 15.4 Å². The molecular formula is C19H20N6O4. The Morgan fingerprint density at radius 2 is 2.03 bits per heavy atom. The monoisotopic (exact) mass is 396 g/mol. The number of nitrogens with zero attached hydrogens (tertiary/aromatic N) is 5. The van der Waals surface area contributed by atoms with Crippen molar-refractivity contribution >= 4 is 34.2 Å². The molecule has 4 rings (SSSR count). The van der Waals surface area contributed by atoms with Crippen molar-refractivity contribution in [2.24, 2.45) is 7.05 Å². The van der Waals surface area contributed by atoms with E-state index < -0.39 is 12.1 Å². The van der Waals surface area contributed by atoms with Gasteiger partial charge in [0.15, 0.2) is 11.3 Å². The lowest BCUT2D eigenvalue weighted by Crippen LogP contribution is -2.23. The van der Waals surface area contributed by atoms with Gasteiger partial charge in [0.25, 0.3) is 0 Å². The molecule has 3 heterocycles. The minimum Gasteiger partial charge on any atom is -0.477 e. The Labute approximate surface area is 164 Å². The molecule has 4 aromatic rings. The van der Waals surface area contributed by atoms with Gasteiger partial charge in [-0.2, -0.15) is 9.61 Å². The highest BCUT2D eigenvalue weighted by Crippen LogP contribution is 2.23. The Kier molecular flexibility index (Phi) is 4.55. The second-order valence-corrected chi connectivity index (χ2v) is 6.89. The lowest BCUT2D eigenvalue weighted by Gasteiger charge is -2.10. The number of imidazole rings is 1. The number of carbonyl (C=O) groups is 1. The van der Waals surface area contributed by atoms with Crippen LogP contribution >= 0.6 is 0 Å². The summed E-state index contributed by atoms with van der Waals surface area (Å²) in [5, 5.41) is 26.2. The zero-order chi connectivity index (χ0) is 20.7. The van der Waals surface area contributed by atoms with Crippen LogP contribution in [0.1, 0.15) is 23.8 Å². The number of hydrogen-bond donors (Lipinski definition) is 3. The van der Waals surface area contributed by atoms with Crippen molar-refractivity contribution in [1.82, 2.24) is 23.7 Å². The van der Waals surface area contributed by atoms with E-state index in [0.29, 0.717) is 35.6 Å². The topological polar surface area (TPSA) is 127 Å². The third-order valence-corrected chi connectivity index (χ3v) is 4.77. The molecule has 0 aliphatic heterocycles. The van der Waals surface area contributed by atoms with Crippen molar-refractivity contribution in [1.29, 1.82) is 0 Å². The second-order valence-electron chi connectivity index (χ2n) is 6.89. The van der Waals surface area contributed by atoms with E-state index >= 15 is 0 Å². The van der Waals surface area contributed by atoms with Crippen LogP contribution in [-0.2, 0) is 13.6 Å². The number of aryl methyl sites for hydroxylation is 2. The Hall–Kier alpha value is -3.66. The maximum Gasteiger partial charge on any atom is 0.354 e. The van der Waals surface area contributed by atoms with Gasteiger partial charge in [0, 0.05) is 31.4 Å². The predicted molar refractivity (Wildman–Crippen MR) is 107 cm³/mol. The minimum atomic E-state index is -1.14. The standard InChI is InChI=1S/C19H20N6O4/c1-11(26)6-8-24-15-9-12(3-4-14(15)23(2)19(24)29)21-17-10-13(18(27)28)22-16-5-7-20-25(16)17/h3-5,7,9-11,21,26H,6,8H2,1-2H3,(H,27,28)/t11-/m1/s1. The molecular weight excluding hydrogens is 376 g/mol. The first-order chi connectivity index (χ1) is 13.8. The first-order valence-electron chi connectivity index (χ1n) is 9.07. The number of nitrogens with one attached hydrogen (secondary N) is 1. The molecule has 0 fully saturated rings. The molecule has 3 N–H and O–H groups in total. The smallest absolute Gasteiger partial charge is 0.354 e. The van der Waals surface area contributed by atoms with E-state index in [4.69, 9.17) is 0 Å². The summed E-state index contributed by atoms with van der Waals surface area (Å²) in [6.07, 6.45) is 1.47. The molecule has 0 aliphatic rings. The van der Waals surface area contributed by atoms with E-state index in [1.807, 2.05) is 12.1 Å². The number of aromatic carboxylic acids is 1. The van der Waals surface area contributed by atoms with E-state index in [1.54, 1.807) is 35.2 Å². The van der Waals surface area contributed by atoms with Gasteiger partial charge >= 0.3 is 11.7 Å². The Bertz CT molecular complexity index is 1280. The van der Waals surface area contributed by atoms with E-state index in [9.17, 15) is 19.8 Å². The number of benzene rings is 1. The molecule has 10 heteroatoms. The van der Waals surface area contributed by atoms with Crippen LogP contribution in [0.2, 0.25) is 0 Å². The number of carboxylic acid groups (broad SMARTS) is 1. The number of hydrogen-bond acceptors (Lipinski definition) is 6. The molecule has 29 heavy (non-hydrogen) atoms. The summed E-state index contributed by atoms with van der Waals surface area (Å²) in [7, 11) is 1.70. The molecule has 1 atom stereocenters. The summed E-state index contributed by atoms with van der Waals surface area (Å²) in [5.41, 5.74) is 2.28. The summed E-state index contributed by atoms with van der Waals surface area (Å²) >= 11 is 0. The van der Waals surface area contributed by atoms with Crippen LogP contribution in [0, 0.1) is 0 Å². The highest BCUT2D eigenvalue weighted by atomic mass is 16.4. The summed E-state index contributed by atoms with van der Waals surface area (Å²) in [4.78, 5) is 28.0. The quantitative estimate of drug-likeness (QED) is 0.452. The first-order valence-corrected chi connectivity index (χ1v) is 9.07. The Morgan fingerprint density at radius 3 is 2.76 bits per heavy atom. The lowest BCUT2D eigenvalue weighted by atomic mass is 10.2. The van der Waals surface area contributed by atoms with Gasteiger partial charge in [-0.15, -0.1) is 0 Å². The van der Waals surface area contributed by atoms with Gasteiger partial charge in [-0.05, 0) is 31.5 Å². The summed E-state index contributed by atoms with van der Waals surface area (Å²) in [6.45, 7) is 2.07. The van der Waals surface area contributed by atoms with Crippen molar-refractivity contribution < 1.29 is 15.0 Å². The maximum absolute atomic E-state index is 12.6. The fourth-order valence-electron chi connectivity index (χ4n) is 3.28. The number of aromatic nitrogens is 5. The highest BCUT2D eigenvalue weighted by molar-refractivity contribution is 5.88. The average Bonchev–Trinajstić information content (AvgIpc) is 3.24. The molecule has 1 aromatic carbocycles. The van der Waals surface area contributed by atoms with Gasteiger partial charge in [-0.1, -0.05) is 0 Å². The molecule has 0 bridgehead atoms. The van der Waals surface area contributed by atoms with Crippen LogP contribution in [0.15, 0.2) is 41.3 Å². The van der Waals surface area contributed by atoms with Crippen molar-refractivity contribution in [2.45, 2.75) is 26.0 Å². The SMILES string of the molecule is C[C@@H](O)CCn1c(=O)n(C)c2ccc(Nc3cc(C(=O)O)nc4ccnn34)cc21. The van der Waals surface area contributed by atoms with Crippen LogP contribution in [0.4, 0.5) is 11.5 Å². The zero-order valence-electron chi connectivity index (χ0n) is 15.9. The number of carboxylic acids is 1. The van der Waals surface area contributed by atoms with E-state index in [-0.39, 0.29) is 11.4 Å². The van der Waals surface area contributed by atoms with Crippen LogP contribution in [0.3, 0.4) is 0 Å². The van der Waals surface area contributed by atoms with Crippen LogP contribution < -0.4 is 11.0 Å². The highest BCUT2D eigenvalue weighted by Gasteiger charge is 2.14. The number of rotatable bonds is 6. The number of aliphatic hydroxyl groups is 1. The van der Waals surface area contributed by atoms with Crippen molar-refractivity contribution in [3.05, 3.63) is 52.7 Å². The molecule has 10 nitrogen and oxygen atoms in total. The third-order valence-electron chi connectivity index (χ3n) is 4.77. The summed E-state index contributed by atoms with van der Waals surface area (Å²) in [5.74, 6) is -0.701. The molecule has 0 saturated heterocycles. The Morgan fingerprint density at radius 1 is 1.24 bits per heavy atom. The largest absolute Gasteiger partial charge is 0.477 e. The van der Waals surface area contributed by atoms with Gasteiger partial charge in [0.2, 0.25) is 0 Å². The molecule has 3 aromatic heterocycles. The number of aliphatic hydroxyl groups excluding tert-OH is 1. The molecule has 0 spiro atoms. The van der Waals surface area contributed by atoms with E-state index in [1.165, 1.54) is 16.8 Å². The van der Waals surface area contributed by atoms with Gasteiger partial charge < -0.3 is 15.5 Å². The van der Waals surface area contributed by atoms with Gasteiger partial charge in [-0.3, -0.25) is 9.13 Å². The third kappa shape index (κ3) is 3.34. The molecule has 0 saturated carbocycles. The number of fused-ring (bicyclic) bond motifs is 2. The van der Waals surface area contributed by atoms with Crippen molar-refractivity contribution in [2.75, 3.05) is 5.32 Å². The maximum atomic E-state index is 12.6. The first kappa shape index (κ1) is 18.7. The molecule has 0 amide bonds. The fraction of sp³-hybridized carbons (Fsp3) is 0.263. The van der Waals surface area contributed by atoms with Gasteiger partial charge in [0.1, 0.15) is 5.82 Å². The second kappa shape index (κ2) is 7.06.